The van der Waals surface area contributed by atoms with Gasteiger partial charge in [0.2, 0.25) is 0 Å². The fraction of sp³-hybridized carbons (Fsp3) is 0.300. The summed E-state index contributed by atoms with van der Waals surface area (Å²) in [4.78, 5) is 0. The molecule has 0 atom stereocenters. The molecule has 1 nitrogen and oxygen atoms in total. The summed E-state index contributed by atoms with van der Waals surface area (Å²) in [5, 5.41) is 0. The zero-order chi connectivity index (χ0) is 8.10. The highest BCUT2D eigenvalue weighted by atomic mass is 16.5. The molecular weight excluding hydrogens is 136 g/mol. The van der Waals surface area contributed by atoms with Gasteiger partial charge in [0.05, 0.1) is 6.61 Å². The first-order chi connectivity index (χ1) is 5.33. The van der Waals surface area contributed by atoms with E-state index in [1.54, 1.807) is 0 Å². The Kier molecular flexibility index (Phi) is 2.96. The summed E-state index contributed by atoms with van der Waals surface area (Å²) in [7, 11) is 0. The lowest BCUT2D eigenvalue weighted by molar-refractivity contribution is 0.324. The van der Waals surface area contributed by atoms with Gasteiger partial charge in [0.1, 0.15) is 5.75 Å². The molecule has 0 spiro atoms. The second-order valence-corrected chi connectivity index (χ2v) is 2.45. The third kappa shape index (κ3) is 2.62. The third-order valence-corrected chi connectivity index (χ3v) is 1.41. The lowest BCUT2D eigenvalue weighted by atomic mass is 10.2. The Labute approximate surface area is 68.0 Å². The molecule has 11 heavy (non-hydrogen) atoms. The lowest BCUT2D eigenvalue weighted by Crippen LogP contribution is -1.94. The van der Waals surface area contributed by atoms with E-state index in [0.29, 0.717) is 13.0 Å². The second-order valence-electron chi connectivity index (χ2n) is 2.45. The predicted molar refractivity (Wildman–Crippen MR) is 45.6 cm³/mol. The van der Waals surface area contributed by atoms with Crippen molar-refractivity contribution >= 4 is 0 Å². The number of aryl methyl sites for hydroxylation is 1. The first-order valence-corrected chi connectivity index (χ1v) is 3.72. The largest absolute Gasteiger partial charge is 0.494 e. The topological polar surface area (TPSA) is 9.23 Å². The average molecular weight is 148 g/mol. The Bertz CT molecular complexity index is 201. The molecule has 0 aliphatic carbocycles. The van der Waals surface area contributed by atoms with Gasteiger partial charge in [-0.25, -0.2) is 0 Å². The van der Waals surface area contributed by atoms with Crippen LogP contribution in [0.1, 0.15) is 12.0 Å². The van der Waals surface area contributed by atoms with Crippen molar-refractivity contribution in [2.45, 2.75) is 13.3 Å². The van der Waals surface area contributed by atoms with Crippen LogP contribution in [0, 0.1) is 13.8 Å². The van der Waals surface area contributed by atoms with E-state index < -0.39 is 0 Å². The van der Waals surface area contributed by atoms with E-state index >= 15 is 0 Å². The fourth-order valence-corrected chi connectivity index (χ4v) is 0.811. The predicted octanol–water partition coefficient (Wildman–Crippen LogP) is 2.48. The van der Waals surface area contributed by atoms with Gasteiger partial charge in [-0.05, 0) is 32.4 Å². The molecule has 0 aromatic heterocycles. The molecule has 0 saturated heterocycles. The van der Waals surface area contributed by atoms with Crippen molar-refractivity contribution in [3.8, 4) is 5.75 Å². The molecule has 0 saturated carbocycles. The normalized spacial score (nSPS) is 9.64. The number of rotatable bonds is 3. The van der Waals surface area contributed by atoms with Gasteiger partial charge in [-0.3, -0.25) is 0 Å². The highest BCUT2D eigenvalue weighted by Crippen LogP contribution is 2.11. The van der Waals surface area contributed by atoms with E-state index in [9.17, 15) is 0 Å². The van der Waals surface area contributed by atoms with E-state index in [-0.39, 0.29) is 0 Å². The molecule has 1 aromatic carbocycles. The highest BCUT2D eigenvalue weighted by molar-refractivity contribution is 5.26. The third-order valence-electron chi connectivity index (χ3n) is 1.41. The Morgan fingerprint density at radius 3 is 2.45 bits per heavy atom. The molecule has 0 heterocycles. The van der Waals surface area contributed by atoms with Crippen LogP contribution >= 0.6 is 0 Å². The van der Waals surface area contributed by atoms with Crippen molar-refractivity contribution in [1.82, 2.24) is 0 Å². The molecule has 58 valence electrons. The van der Waals surface area contributed by atoms with Gasteiger partial charge in [-0.15, -0.1) is 0 Å². The summed E-state index contributed by atoms with van der Waals surface area (Å²) in [6.07, 6.45) is 0.563. The number of benzene rings is 1. The van der Waals surface area contributed by atoms with Gasteiger partial charge < -0.3 is 4.74 Å². The SMILES string of the molecule is [CH]CCOc1ccc(C)cc1. The van der Waals surface area contributed by atoms with Gasteiger partial charge >= 0.3 is 0 Å². The van der Waals surface area contributed by atoms with Gasteiger partial charge in [-0.2, -0.15) is 0 Å². The maximum atomic E-state index is 5.29. The summed E-state index contributed by atoms with van der Waals surface area (Å²) in [6, 6.07) is 7.94. The van der Waals surface area contributed by atoms with Gasteiger partial charge in [0, 0.05) is 0 Å². The first kappa shape index (κ1) is 8.12. The standard InChI is InChI=1S/C10H12O/c1-3-8-11-10-6-4-9(2)5-7-10/h1,4-7H,3,8H2,2H3. The summed E-state index contributed by atoms with van der Waals surface area (Å²) in [6.45, 7) is 7.92. The van der Waals surface area contributed by atoms with Crippen LogP contribution in [-0.4, -0.2) is 6.61 Å². The highest BCUT2D eigenvalue weighted by Gasteiger charge is 1.89. The van der Waals surface area contributed by atoms with E-state index in [0.717, 1.165) is 5.75 Å². The van der Waals surface area contributed by atoms with Crippen LogP contribution in [-0.2, 0) is 0 Å². The van der Waals surface area contributed by atoms with Crippen LogP contribution in [0.4, 0.5) is 0 Å². The maximum absolute atomic E-state index is 5.29. The smallest absolute Gasteiger partial charge is 0.119 e. The van der Waals surface area contributed by atoms with Crippen LogP contribution in [0.2, 0.25) is 0 Å². The average Bonchev–Trinajstić information content (AvgIpc) is 2.04. The quantitative estimate of drug-likeness (QED) is 0.639. The minimum atomic E-state index is 0.563. The second kappa shape index (κ2) is 4.02. The van der Waals surface area contributed by atoms with Gasteiger partial charge in [0.25, 0.3) is 0 Å². The minimum absolute atomic E-state index is 0.563. The summed E-state index contributed by atoms with van der Waals surface area (Å²) in [5.74, 6) is 0.890. The van der Waals surface area contributed by atoms with Crippen LogP contribution < -0.4 is 4.74 Å². The van der Waals surface area contributed by atoms with Crippen molar-refractivity contribution < 1.29 is 4.74 Å². The molecule has 0 aliphatic rings. The number of hydrogen-bond donors (Lipinski definition) is 0. The first-order valence-electron chi connectivity index (χ1n) is 3.72. The van der Waals surface area contributed by atoms with Crippen LogP contribution in [0.3, 0.4) is 0 Å². The van der Waals surface area contributed by atoms with E-state index in [4.69, 9.17) is 11.7 Å². The van der Waals surface area contributed by atoms with Crippen LogP contribution in [0.5, 0.6) is 5.75 Å². The maximum Gasteiger partial charge on any atom is 0.119 e. The molecule has 0 fully saturated rings. The summed E-state index contributed by atoms with van der Waals surface area (Å²) >= 11 is 0. The molecule has 0 amide bonds. The molecule has 1 heteroatoms. The van der Waals surface area contributed by atoms with Crippen molar-refractivity contribution in [1.29, 1.82) is 0 Å². The van der Waals surface area contributed by atoms with Crippen molar-refractivity contribution in [3.63, 3.8) is 0 Å². The Hall–Kier alpha value is -0.980. The molecule has 0 aliphatic heterocycles. The lowest BCUT2D eigenvalue weighted by Gasteiger charge is -2.03. The monoisotopic (exact) mass is 148 g/mol. The molecule has 0 bridgehead atoms. The van der Waals surface area contributed by atoms with E-state index in [2.05, 4.69) is 0 Å². The summed E-state index contributed by atoms with van der Waals surface area (Å²) in [5.41, 5.74) is 1.24. The van der Waals surface area contributed by atoms with Crippen molar-refractivity contribution in [3.05, 3.63) is 36.8 Å². The van der Waals surface area contributed by atoms with Crippen molar-refractivity contribution in [2.24, 2.45) is 0 Å². The fourth-order valence-electron chi connectivity index (χ4n) is 0.811. The van der Waals surface area contributed by atoms with Crippen LogP contribution in [0.25, 0.3) is 0 Å². The molecule has 0 N–H and O–H groups in total. The minimum Gasteiger partial charge on any atom is -0.494 e. The van der Waals surface area contributed by atoms with E-state index in [1.165, 1.54) is 5.56 Å². The zero-order valence-corrected chi connectivity index (χ0v) is 6.71. The summed E-state index contributed by atoms with van der Waals surface area (Å²) < 4.78 is 5.29. The Morgan fingerprint density at radius 2 is 1.91 bits per heavy atom. The molecular formula is C10H12O. The van der Waals surface area contributed by atoms with Gasteiger partial charge in [-0.1, -0.05) is 17.7 Å². The molecule has 1 aromatic rings. The molecule has 2 radical (unpaired) electrons. The molecule has 0 unspecified atom stereocenters. The van der Waals surface area contributed by atoms with Crippen LogP contribution in [0.15, 0.2) is 24.3 Å². The van der Waals surface area contributed by atoms with Gasteiger partial charge in [0.15, 0.2) is 0 Å². The Balaban J connectivity index is 2.52. The van der Waals surface area contributed by atoms with E-state index in [1.807, 2.05) is 31.2 Å². The number of ether oxygens (including phenoxy) is 1. The Morgan fingerprint density at radius 1 is 1.27 bits per heavy atom. The zero-order valence-electron chi connectivity index (χ0n) is 6.71. The van der Waals surface area contributed by atoms with Crippen molar-refractivity contribution in [2.75, 3.05) is 6.61 Å². The number of hydrogen-bond acceptors (Lipinski definition) is 1. The molecule has 1 rings (SSSR count).